The van der Waals surface area contributed by atoms with Crippen molar-refractivity contribution in [2.45, 2.75) is 32.7 Å². The number of hydrogen-bond donors (Lipinski definition) is 1. The molecule has 0 aliphatic carbocycles. The van der Waals surface area contributed by atoms with Gasteiger partial charge in [-0.25, -0.2) is 0 Å². The van der Waals surface area contributed by atoms with Crippen molar-refractivity contribution in [2.24, 2.45) is 5.73 Å². The molecule has 0 spiro atoms. The van der Waals surface area contributed by atoms with Gasteiger partial charge in [-0.1, -0.05) is 13.8 Å². The number of nitrogens with two attached hydrogens (primary N) is 1. The maximum atomic E-state index is 5.63. The van der Waals surface area contributed by atoms with Crippen LogP contribution in [0.1, 0.15) is 44.1 Å². The van der Waals surface area contributed by atoms with E-state index in [-0.39, 0.29) is 6.04 Å². The summed E-state index contributed by atoms with van der Waals surface area (Å²) in [7, 11) is 0. The smallest absolute Gasteiger partial charge is 0.120 e. The molecule has 1 atom stereocenters. The van der Waals surface area contributed by atoms with E-state index in [1.165, 1.54) is 5.56 Å². The van der Waals surface area contributed by atoms with Crippen LogP contribution in [-0.4, -0.2) is 0 Å². The molecular weight excluding hydrogens is 138 g/mol. The summed E-state index contributed by atoms with van der Waals surface area (Å²) in [5.41, 5.74) is 6.85. The quantitative estimate of drug-likeness (QED) is 0.708. The first-order chi connectivity index (χ1) is 5.11. The molecule has 1 aromatic rings. The van der Waals surface area contributed by atoms with Crippen molar-refractivity contribution in [3.05, 3.63) is 23.7 Å². The van der Waals surface area contributed by atoms with Crippen LogP contribution in [0.4, 0.5) is 0 Å². The highest BCUT2D eigenvalue weighted by Gasteiger charge is 2.07. The first kappa shape index (κ1) is 8.34. The van der Waals surface area contributed by atoms with Crippen molar-refractivity contribution in [1.82, 2.24) is 0 Å². The first-order valence-corrected chi connectivity index (χ1v) is 3.95. The summed E-state index contributed by atoms with van der Waals surface area (Å²) in [6.45, 7) is 6.19. The van der Waals surface area contributed by atoms with Crippen LogP contribution in [0.3, 0.4) is 0 Å². The van der Waals surface area contributed by atoms with Crippen LogP contribution >= 0.6 is 0 Å². The SMILES string of the molecule is CC(C)c1coc([C@@H](C)N)c1. The molecule has 0 aliphatic rings. The van der Waals surface area contributed by atoms with Gasteiger partial charge >= 0.3 is 0 Å². The van der Waals surface area contributed by atoms with Gasteiger partial charge in [-0.05, 0) is 24.5 Å². The van der Waals surface area contributed by atoms with E-state index in [2.05, 4.69) is 13.8 Å². The molecule has 0 saturated heterocycles. The average molecular weight is 153 g/mol. The molecule has 0 radical (unpaired) electrons. The van der Waals surface area contributed by atoms with Crippen molar-refractivity contribution in [2.75, 3.05) is 0 Å². The maximum Gasteiger partial charge on any atom is 0.120 e. The molecule has 0 aromatic carbocycles. The Hall–Kier alpha value is -0.760. The third-order valence-electron chi connectivity index (χ3n) is 1.76. The van der Waals surface area contributed by atoms with Gasteiger partial charge in [-0.3, -0.25) is 0 Å². The summed E-state index contributed by atoms with van der Waals surface area (Å²) in [6, 6.07) is 2.03. The van der Waals surface area contributed by atoms with E-state index in [0.29, 0.717) is 5.92 Å². The standard InChI is InChI=1S/C9H15NO/c1-6(2)8-4-9(7(3)10)11-5-8/h4-7H,10H2,1-3H3/t7-/m1/s1. The Balaban J connectivity index is 2.82. The second kappa shape index (κ2) is 3.09. The van der Waals surface area contributed by atoms with E-state index in [0.717, 1.165) is 5.76 Å². The normalized spacial score (nSPS) is 13.9. The Kier molecular flexibility index (Phi) is 2.35. The molecule has 2 nitrogen and oxygen atoms in total. The van der Waals surface area contributed by atoms with E-state index >= 15 is 0 Å². The second-order valence-electron chi connectivity index (χ2n) is 3.23. The lowest BCUT2D eigenvalue weighted by Crippen LogP contribution is -2.02. The highest BCUT2D eigenvalue weighted by atomic mass is 16.3. The summed E-state index contributed by atoms with van der Waals surface area (Å²) < 4.78 is 5.26. The van der Waals surface area contributed by atoms with Crippen LogP contribution in [0.2, 0.25) is 0 Å². The van der Waals surface area contributed by atoms with Crippen LogP contribution in [0.15, 0.2) is 16.7 Å². The van der Waals surface area contributed by atoms with Gasteiger partial charge in [0.2, 0.25) is 0 Å². The molecule has 1 rings (SSSR count). The molecule has 0 bridgehead atoms. The van der Waals surface area contributed by atoms with Crippen LogP contribution < -0.4 is 5.73 Å². The average Bonchev–Trinajstić information content (AvgIpc) is 2.33. The fourth-order valence-electron chi connectivity index (χ4n) is 0.910. The van der Waals surface area contributed by atoms with Crippen molar-refractivity contribution in [3.63, 3.8) is 0 Å². The predicted molar refractivity (Wildman–Crippen MR) is 45.4 cm³/mol. The number of rotatable bonds is 2. The molecule has 0 amide bonds. The van der Waals surface area contributed by atoms with E-state index < -0.39 is 0 Å². The summed E-state index contributed by atoms with van der Waals surface area (Å²) in [6.07, 6.45) is 1.78. The fraction of sp³-hybridized carbons (Fsp3) is 0.556. The highest BCUT2D eigenvalue weighted by Crippen LogP contribution is 2.20. The van der Waals surface area contributed by atoms with Crippen LogP contribution in [0.5, 0.6) is 0 Å². The zero-order valence-electron chi connectivity index (χ0n) is 7.29. The lowest BCUT2D eigenvalue weighted by Gasteiger charge is -1.98. The number of hydrogen-bond acceptors (Lipinski definition) is 2. The van der Waals surface area contributed by atoms with Crippen LogP contribution in [0, 0.1) is 0 Å². The van der Waals surface area contributed by atoms with Crippen LogP contribution in [-0.2, 0) is 0 Å². The van der Waals surface area contributed by atoms with E-state index in [9.17, 15) is 0 Å². The van der Waals surface area contributed by atoms with Gasteiger partial charge < -0.3 is 10.2 Å². The van der Waals surface area contributed by atoms with E-state index in [1.807, 2.05) is 13.0 Å². The molecule has 2 heteroatoms. The fourth-order valence-corrected chi connectivity index (χ4v) is 0.910. The molecule has 2 N–H and O–H groups in total. The summed E-state index contributed by atoms with van der Waals surface area (Å²) >= 11 is 0. The van der Waals surface area contributed by atoms with Crippen molar-refractivity contribution < 1.29 is 4.42 Å². The van der Waals surface area contributed by atoms with Gasteiger partial charge in [0, 0.05) is 0 Å². The maximum absolute atomic E-state index is 5.63. The minimum atomic E-state index is 0.00231. The van der Waals surface area contributed by atoms with Crippen molar-refractivity contribution in [1.29, 1.82) is 0 Å². The minimum Gasteiger partial charge on any atom is -0.467 e. The Labute approximate surface area is 67.4 Å². The highest BCUT2D eigenvalue weighted by molar-refractivity contribution is 5.17. The largest absolute Gasteiger partial charge is 0.467 e. The molecule has 0 saturated carbocycles. The molecule has 11 heavy (non-hydrogen) atoms. The topological polar surface area (TPSA) is 39.2 Å². The zero-order chi connectivity index (χ0) is 8.43. The van der Waals surface area contributed by atoms with Gasteiger partial charge in [0.1, 0.15) is 5.76 Å². The Morgan fingerprint density at radius 3 is 2.27 bits per heavy atom. The summed E-state index contributed by atoms with van der Waals surface area (Å²) in [5, 5.41) is 0. The predicted octanol–water partition coefficient (Wildman–Crippen LogP) is 2.42. The van der Waals surface area contributed by atoms with Crippen molar-refractivity contribution in [3.8, 4) is 0 Å². The van der Waals surface area contributed by atoms with E-state index in [4.69, 9.17) is 10.2 Å². The van der Waals surface area contributed by atoms with Gasteiger partial charge in [-0.15, -0.1) is 0 Å². The van der Waals surface area contributed by atoms with Gasteiger partial charge in [0.25, 0.3) is 0 Å². The molecule has 1 aromatic heterocycles. The molecular formula is C9H15NO. The second-order valence-corrected chi connectivity index (χ2v) is 3.23. The monoisotopic (exact) mass is 153 g/mol. The summed E-state index contributed by atoms with van der Waals surface area (Å²) in [4.78, 5) is 0. The molecule has 0 unspecified atom stereocenters. The van der Waals surface area contributed by atoms with Gasteiger partial charge in [0.15, 0.2) is 0 Å². The Bertz CT molecular complexity index is 203. The lowest BCUT2D eigenvalue weighted by molar-refractivity contribution is 0.478. The van der Waals surface area contributed by atoms with Crippen molar-refractivity contribution >= 4 is 0 Å². The summed E-state index contributed by atoms with van der Waals surface area (Å²) in [5.74, 6) is 1.39. The Morgan fingerprint density at radius 2 is 2.00 bits per heavy atom. The molecule has 0 fully saturated rings. The molecule has 1 heterocycles. The molecule has 62 valence electrons. The zero-order valence-corrected chi connectivity index (χ0v) is 7.29. The molecule has 0 aliphatic heterocycles. The van der Waals surface area contributed by atoms with Crippen LogP contribution in [0.25, 0.3) is 0 Å². The third-order valence-corrected chi connectivity index (χ3v) is 1.76. The first-order valence-electron chi connectivity index (χ1n) is 3.95. The van der Waals surface area contributed by atoms with Gasteiger partial charge in [0.05, 0.1) is 12.3 Å². The third kappa shape index (κ3) is 1.84. The number of furan rings is 1. The van der Waals surface area contributed by atoms with Gasteiger partial charge in [-0.2, -0.15) is 0 Å². The minimum absolute atomic E-state index is 0.00231. The Morgan fingerprint density at radius 1 is 1.36 bits per heavy atom. The lowest BCUT2D eigenvalue weighted by atomic mass is 10.1. The van der Waals surface area contributed by atoms with E-state index in [1.54, 1.807) is 6.26 Å².